The largest absolute Gasteiger partial charge is 0.494 e. The molecule has 0 aromatic heterocycles. The minimum atomic E-state index is -0.175. The van der Waals surface area contributed by atoms with Gasteiger partial charge in [0.1, 0.15) is 12.4 Å². The summed E-state index contributed by atoms with van der Waals surface area (Å²) in [6.45, 7) is 3.31. The van der Waals surface area contributed by atoms with E-state index in [9.17, 15) is 4.79 Å². The predicted octanol–water partition coefficient (Wildman–Crippen LogP) is 7.82. The third-order valence-electron chi connectivity index (χ3n) is 8.18. The first-order chi connectivity index (χ1) is 18.2. The normalized spacial score (nSPS) is 20.1. The molecular weight excluding hydrogens is 458 g/mol. The van der Waals surface area contributed by atoms with Crippen LogP contribution in [0.2, 0.25) is 0 Å². The van der Waals surface area contributed by atoms with E-state index < -0.39 is 0 Å². The lowest BCUT2D eigenvalue weighted by atomic mass is 9.83. The van der Waals surface area contributed by atoms with Crippen LogP contribution in [0.5, 0.6) is 5.75 Å². The molecule has 1 fully saturated rings. The van der Waals surface area contributed by atoms with Gasteiger partial charge in [-0.25, -0.2) is 4.79 Å². The molecule has 0 spiro atoms. The number of carbonyl (C=O) groups excluding carboxylic acids is 1. The van der Waals surface area contributed by atoms with E-state index >= 15 is 0 Å². The minimum Gasteiger partial charge on any atom is -0.494 e. The van der Waals surface area contributed by atoms with Crippen LogP contribution in [0.15, 0.2) is 78.9 Å². The fourth-order valence-corrected chi connectivity index (χ4v) is 6.30. The molecule has 3 aliphatic rings. The Morgan fingerprint density at radius 2 is 1.62 bits per heavy atom. The molecule has 2 aliphatic heterocycles. The average molecular weight is 494 g/mol. The van der Waals surface area contributed by atoms with Crippen LogP contribution in [0.25, 0.3) is 16.7 Å². The number of nitrogens with zero attached hydrogens (tertiary/aromatic N) is 1. The van der Waals surface area contributed by atoms with Crippen molar-refractivity contribution in [1.82, 2.24) is 4.90 Å². The molecule has 3 aromatic rings. The van der Waals surface area contributed by atoms with Crippen molar-refractivity contribution in [2.45, 2.75) is 63.5 Å². The Morgan fingerprint density at radius 1 is 0.919 bits per heavy atom. The van der Waals surface area contributed by atoms with Gasteiger partial charge in [-0.3, -0.25) is 4.90 Å². The predicted molar refractivity (Wildman–Crippen MR) is 148 cm³/mol. The van der Waals surface area contributed by atoms with Crippen molar-refractivity contribution in [2.75, 3.05) is 13.2 Å². The topological polar surface area (TPSA) is 38.8 Å². The summed E-state index contributed by atoms with van der Waals surface area (Å²) < 4.78 is 11.9. The van der Waals surface area contributed by atoms with Gasteiger partial charge in [-0.1, -0.05) is 80.1 Å². The number of amides is 1. The van der Waals surface area contributed by atoms with Gasteiger partial charge in [0.15, 0.2) is 0 Å². The van der Waals surface area contributed by atoms with Crippen LogP contribution >= 0.6 is 0 Å². The van der Waals surface area contributed by atoms with Crippen LogP contribution in [0.3, 0.4) is 0 Å². The maximum absolute atomic E-state index is 13.5. The van der Waals surface area contributed by atoms with Crippen molar-refractivity contribution >= 4 is 11.7 Å². The summed E-state index contributed by atoms with van der Waals surface area (Å²) in [5, 5.41) is 0. The Bertz CT molecular complexity index is 1250. The molecule has 4 nitrogen and oxygen atoms in total. The lowest BCUT2D eigenvalue weighted by Gasteiger charge is -2.44. The fraction of sp³-hybridized carbons (Fsp3) is 0.364. The molecule has 1 aliphatic carbocycles. The summed E-state index contributed by atoms with van der Waals surface area (Å²) in [5.74, 6) is 1.01. The van der Waals surface area contributed by atoms with Gasteiger partial charge in [-0.2, -0.15) is 0 Å². The van der Waals surface area contributed by atoms with Crippen molar-refractivity contribution in [2.24, 2.45) is 0 Å². The molecule has 6 rings (SSSR count). The molecule has 2 atom stereocenters. The molecular formula is C33H35NO3. The molecule has 2 heterocycles. The summed E-state index contributed by atoms with van der Waals surface area (Å²) in [6.07, 6.45) is 8.36. The highest BCUT2D eigenvalue weighted by atomic mass is 16.6. The minimum absolute atomic E-state index is 0.0881. The van der Waals surface area contributed by atoms with E-state index in [1.807, 2.05) is 4.90 Å². The SMILES string of the molecule is CCCCOc1ccc(C2=CC3CCCC(C2)N3C(=O)OCC2c3ccccc3-c3ccccc32)cc1. The van der Waals surface area contributed by atoms with Gasteiger partial charge in [0.05, 0.1) is 12.6 Å². The Morgan fingerprint density at radius 3 is 2.30 bits per heavy atom. The van der Waals surface area contributed by atoms with E-state index in [1.165, 1.54) is 33.4 Å². The Balaban J connectivity index is 1.15. The van der Waals surface area contributed by atoms with Crippen LogP contribution in [-0.2, 0) is 4.74 Å². The van der Waals surface area contributed by atoms with Gasteiger partial charge < -0.3 is 9.47 Å². The van der Waals surface area contributed by atoms with Gasteiger partial charge >= 0.3 is 6.09 Å². The number of carbonyl (C=O) groups is 1. The summed E-state index contributed by atoms with van der Waals surface area (Å²) in [7, 11) is 0. The number of piperidine rings is 1. The fourth-order valence-electron chi connectivity index (χ4n) is 6.30. The Kier molecular flexibility index (Phi) is 6.73. The van der Waals surface area contributed by atoms with Crippen LogP contribution in [0.4, 0.5) is 4.79 Å². The summed E-state index contributed by atoms with van der Waals surface area (Å²) >= 11 is 0. The van der Waals surface area contributed by atoms with Crippen molar-refractivity contribution in [3.8, 4) is 16.9 Å². The molecule has 1 amide bonds. The second-order valence-electron chi connectivity index (χ2n) is 10.5. The molecule has 4 heteroatoms. The van der Waals surface area contributed by atoms with Crippen molar-refractivity contribution in [3.05, 3.63) is 95.6 Å². The molecule has 0 radical (unpaired) electrons. The highest BCUT2D eigenvalue weighted by molar-refractivity contribution is 5.79. The molecule has 3 aromatic carbocycles. The van der Waals surface area contributed by atoms with E-state index in [0.29, 0.717) is 6.61 Å². The maximum Gasteiger partial charge on any atom is 0.410 e. The van der Waals surface area contributed by atoms with Crippen LogP contribution in [0.1, 0.15) is 68.1 Å². The number of unbranched alkanes of at least 4 members (excludes halogenated alkanes) is 1. The Labute approximate surface area is 219 Å². The summed E-state index contributed by atoms with van der Waals surface area (Å²) in [6, 6.07) is 25.7. The number of hydrogen-bond acceptors (Lipinski definition) is 3. The quantitative estimate of drug-likeness (QED) is 0.315. The highest BCUT2D eigenvalue weighted by Crippen LogP contribution is 2.45. The molecule has 37 heavy (non-hydrogen) atoms. The van der Waals surface area contributed by atoms with Crippen molar-refractivity contribution in [3.63, 3.8) is 0 Å². The van der Waals surface area contributed by atoms with Gasteiger partial charge in [-0.05, 0) is 77.6 Å². The zero-order valence-corrected chi connectivity index (χ0v) is 21.6. The van der Waals surface area contributed by atoms with E-state index in [4.69, 9.17) is 9.47 Å². The Hall–Kier alpha value is -3.53. The third-order valence-corrected chi connectivity index (χ3v) is 8.18. The molecule has 0 saturated carbocycles. The standard InChI is InChI=1S/C33H35NO3/c1-2-3-19-36-27-17-15-23(16-18-27)24-20-25-9-8-10-26(21-24)34(25)33(35)37-22-32-30-13-6-4-11-28(30)29-12-5-7-14-31(29)32/h4-7,11-18,20,25-26,32H,2-3,8-10,19,21-22H2,1H3. The molecule has 2 unspecified atom stereocenters. The van der Waals surface area contributed by atoms with Crippen LogP contribution in [0, 0.1) is 0 Å². The van der Waals surface area contributed by atoms with Gasteiger partial charge in [0, 0.05) is 12.0 Å². The summed E-state index contributed by atoms with van der Waals surface area (Å²) in [4.78, 5) is 15.5. The first-order valence-corrected chi connectivity index (χ1v) is 13.8. The monoisotopic (exact) mass is 493 g/mol. The number of benzene rings is 3. The zero-order chi connectivity index (χ0) is 25.2. The lowest BCUT2D eigenvalue weighted by Crippen LogP contribution is -2.51. The maximum atomic E-state index is 13.5. The third kappa shape index (κ3) is 4.66. The van der Waals surface area contributed by atoms with Crippen LogP contribution < -0.4 is 4.74 Å². The second kappa shape index (κ2) is 10.5. The number of hydrogen-bond donors (Lipinski definition) is 0. The van der Waals surface area contributed by atoms with Crippen molar-refractivity contribution in [1.29, 1.82) is 0 Å². The first kappa shape index (κ1) is 23.8. The van der Waals surface area contributed by atoms with E-state index in [2.05, 4.69) is 85.8 Å². The molecule has 0 N–H and O–H groups in total. The summed E-state index contributed by atoms with van der Waals surface area (Å²) in [5.41, 5.74) is 7.57. The van der Waals surface area contributed by atoms with E-state index in [-0.39, 0.29) is 24.1 Å². The van der Waals surface area contributed by atoms with Gasteiger partial charge in [0.25, 0.3) is 0 Å². The highest BCUT2D eigenvalue weighted by Gasteiger charge is 2.39. The molecule has 190 valence electrons. The first-order valence-electron chi connectivity index (χ1n) is 13.8. The zero-order valence-electron chi connectivity index (χ0n) is 21.6. The van der Waals surface area contributed by atoms with E-state index in [0.717, 1.165) is 50.9 Å². The molecule has 2 bridgehead atoms. The lowest BCUT2D eigenvalue weighted by molar-refractivity contribution is 0.0539. The average Bonchev–Trinajstić information content (AvgIpc) is 3.25. The number of rotatable bonds is 7. The number of fused-ring (bicyclic) bond motifs is 5. The second-order valence-corrected chi connectivity index (χ2v) is 10.5. The van der Waals surface area contributed by atoms with Crippen LogP contribution in [-0.4, -0.2) is 36.3 Å². The van der Waals surface area contributed by atoms with Gasteiger partial charge in [0.2, 0.25) is 0 Å². The van der Waals surface area contributed by atoms with E-state index in [1.54, 1.807) is 0 Å². The number of ether oxygens (including phenoxy) is 2. The van der Waals surface area contributed by atoms with Gasteiger partial charge in [-0.15, -0.1) is 0 Å². The van der Waals surface area contributed by atoms with Crippen molar-refractivity contribution < 1.29 is 14.3 Å². The smallest absolute Gasteiger partial charge is 0.410 e. The molecule has 1 saturated heterocycles.